The minimum atomic E-state index is -1.01. The molecule has 3 heterocycles. The average molecular weight is 421 g/mol. The first kappa shape index (κ1) is 20.9. The summed E-state index contributed by atoms with van der Waals surface area (Å²) in [4.78, 5) is 34.9. The van der Waals surface area contributed by atoms with Crippen molar-refractivity contribution in [3.8, 4) is 0 Å². The van der Waals surface area contributed by atoms with E-state index in [-0.39, 0.29) is 18.2 Å². The third-order valence-electron chi connectivity index (χ3n) is 5.84. The summed E-state index contributed by atoms with van der Waals surface area (Å²) in [5.41, 5.74) is 2.18. The Labute approximate surface area is 179 Å². The molecule has 6 nitrogen and oxygen atoms in total. The van der Waals surface area contributed by atoms with Crippen molar-refractivity contribution in [2.24, 2.45) is 5.92 Å². The van der Waals surface area contributed by atoms with Crippen LogP contribution in [0, 0.1) is 11.7 Å². The second-order valence-corrected chi connectivity index (χ2v) is 7.93. The fourth-order valence-electron chi connectivity index (χ4n) is 4.29. The van der Waals surface area contributed by atoms with Crippen molar-refractivity contribution in [1.82, 2.24) is 14.9 Å². The Morgan fingerprint density at radius 3 is 2.90 bits per heavy atom. The minimum Gasteiger partial charge on any atom is -0.481 e. The van der Waals surface area contributed by atoms with Gasteiger partial charge in [0.2, 0.25) is 5.91 Å². The van der Waals surface area contributed by atoms with Gasteiger partial charge >= 0.3 is 5.97 Å². The summed E-state index contributed by atoms with van der Waals surface area (Å²) in [7, 11) is 0. The summed E-state index contributed by atoms with van der Waals surface area (Å²) in [6.07, 6.45) is 4.42. The SMILES string of the molecule is O=C(O)CC(c1cccc(F)c1)N1CCC(CCCc2ccc3cccnc3n2)C1=O. The van der Waals surface area contributed by atoms with E-state index in [1.54, 1.807) is 23.2 Å². The number of nitrogens with zero attached hydrogens (tertiary/aromatic N) is 3. The van der Waals surface area contributed by atoms with Gasteiger partial charge in [0.1, 0.15) is 5.82 Å². The number of benzene rings is 1. The summed E-state index contributed by atoms with van der Waals surface area (Å²) in [5.74, 6) is -1.65. The smallest absolute Gasteiger partial charge is 0.305 e. The van der Waals surface area contributed by atoms with Crippen LogP contribution in [0.15, 0.2) is 54.7 Å². The van der Waals surface area contributed by atoms with Gasteiger partial charge in [-0.05, 0) is 67.6 Å². The van der Waals surface area contributed by atoms with Gasteiger partial charge in [0.15, 0.2) is 5.65 Å². The van der Waals surface area contributed by atoms with Gasteiger partial charge in [0.05, 0.1) is 12.5 Å². The maximum absolute atomic E-state index is 13.7. The van der Waals surface area contributed by atoms with E-state index >= 15 is 0 Å². The van der Waals surface area contributed by atoms with Gasteiger partial charge in [-0.3, -0.25) is 9.59 Å². The third kappa shape index (κ3) is 4.87. The van der Waals surface area contributed by atoms with Crippen molar-refractivity contribution in [3.05, 3.63) is 71.8 Å². The van der Waals surface area contributed by atoms with Gasteiger partial charge in [0.25, 0.3) is 0 Å². The van der Waals surface area contributed by atoms with E-state index in [1.165, 1.54) is 12.1 Å². The molecule has 3 aromatic rings. The molecule has 160 valence electrons. The largest absolute Gasteiger partial charge is 0.481 e. The maximum atomic E-state index is 13.7. The predicted molar refractivity (Wildman–Crippen MR) is 114 cm³/mol. The molecule has 1 aliphatic heterocycles. The van der Waals surface area contributed by atoms with E-state index in [0.29, 0.717) is 24.9 Å². The van der Waals surface area contributed by atoms with E-state index in [9.17, 15) is 19.1 Å². The van der Waals surface area contributed by atoms with Gasteiger partial charge in [-0.25, -0.2) is 14.4 Å². The topological polar surface area (TPSA) is 83.4 Å². The highest BCUT2D eigenvalue weighted by molar-refractivity contribution is 5.82. The fourth-order valence-corrected chi connectivity index (χ4v) is 4.29. The summed E-state index contributed by atoms with van der Waals surface area (Å²) < 4.78 is 13.7. The number of likely N-dealkylation sites (tertiary alicyclic amines) is 1. The van der Waals surface area contributed by atoms with Crippen molar-refractivity contribution in [1.29, 1.82) is 0 Å². The molecule has 2 atom stereocenters. The van der Waals surface area contributed by atoms with Crippen LogP contribution in [0.2, 0.25) is 0 Å². The summed E-state index contributed by atoms with van der Waals surface area (Å²) >= 11 is 0. The monoisotopic (exact) mass is 421 g/mol. The van der Waals surface area contributed by atoms with Crippen LogP contribution < -0.4 is 0 Å². The molecule has 0 aliphatic carbocycles. The zero-order valence-electron chi connectivity index (χ0n) is 17.1. The molecule has 7 heteroatoms. The molecule has 1 amide bonds. The molecule has 31 heavy (non-hydrogen) atoms. The molecule has 0 radical (unpaired) electrons. The number of pyridine rings is 2. The van der Waals surface area contributed by atoms with E-state index in [2.05, 4.69) is 9.97 Å². The maximum Gasteiger partial charge on any atom is 0.305 e. The van der Waals surface area contributed by atoms with Gasteiger partial charge < -0.3 is 10.0 Å². The first-order valence-electron chi connectivity index (χ1n) is 10.5. The molecule has 1 fully saturated rings. The molecule has 0 bridgehead atoms. The highest BCUT2D eigenvalue weighted by atomic mass is 19.1. The van der Waals surface area contributed by atoms with Crippen LogP contribution in [0.5, 0.6) is 0 Å². The number of aliphatic carboxylic acids is 1. The van der Waals surface area contributed by atoms with Crippen molar-refractivity contribution < 1.29 is 19.1 Å². The Hall–Kier alpha value is -3.35. The minimum absolute atomic E-state index is 0.0522. The lowest BCUT2D eigenvalue weighted by Gasteiger charge is -2.27. The molecule has 1 aliphatic rings. The Morgan fingerprint density at radius 2 is 2.10 bits per heavy atom. The molecule has 4 rings (SSSR count). The molecular formula is C24H24FN3O3. The fraction of sp³-hybridized carbons (Fsp3) is 0.333. The lowest BCUT2D eigenvalue weighted by molar-refractivity contribution is -0.140. The second kappa shape index (κ2) is 9.20. The first-order valence-corrected chi connectivity index (χ1v) is 10.5. The molecule has 0 spiro atoms. The second-order valence-electron chi connectivity index (χ2n) is 7.93. The number of carboxylic acid groups (broad SMARTS) is 1. The van der Waals surface area contributed by atoms with Crippen LogP contribution >= 0.6 is 0 Å². The van der Waals surface area contributed by atoms with E-state index in [0.717, 1.165) is 29.6 Å². The lowest BCUT2D eigenvalue weighted by atomic mass is 9.99. The van der Waals surface area contributed by atoms with Gasteiger partial charge in [-0.15, -0.1) is 0 Å². The summed E-state index contributed by atoms with van der Waals surface area (Å²) in [6.45, 7) is 0.482. The number of halogens is 1. The molecule has 1 saturated heterocycles. The van der Waals surface area contributed by atoms with Gasteiger partial charge in [0, 0.05) is 29.7 Å². The van der Waals surface area contributed by atoms with Crippen molar-refractivity contribution >= 4 is 22.9 Å². The number of carboxylic acids is 1. The Morgan fingerprint density at radius 1 is 1.23 bits per heavy atom. The van der Waals surface area contributed by atoms with Crippen LogP contribution in [0.3, 0.4) is 0 Å². The molecule has 1 N–H and O–H groups in total. The summed E-state index contributed by atoms with van der Waals surface area (Å²) in [6, 6.07) is 13.0. The zero-order chi connectivity index (χ0) is 21.8. The van der Waals surface area contributed by atoms with Gasteiger partial charge in [-0.2, -0.15) is 0 Å². The van der Waals surface area contributed by atoms with Crippen LogP contribution in [0.1, 0.15) is 43.0 Å². The Bertz CT molecular complexity index is 1100. The third-order valence-corrected chi connectivity index (χ3v) is 5.84. The summed E-state index contributed by atoms with van der Waals surface area (Å²) in [5, 5.41) is 10.3. The normalized spacial score (nSPS) is 17.3. The predicted octanol–water partition coefficient (Wildman–Crippen LogP) is 4.16. The van der Waals surface area contributed by atoms with Crippen LogP contribution in [0.4, 0.5) is 4.39 Å². The quantitative estimate of drug-likeness (QED) is 0.591. The number of aromatic nitrogens is 2. The Balaban J connectivity index is 1.39. The molecule has 2 aromatic heterocycles. The van der Waals surface area contributed by atoms with E-state index < -0.39 is 17.8 Å². The molecule has 1 aromatic carbocycles. The van der Waals surface area contributed by atoms with Crippen LogP contribution in [0.25, 0.3) is 11.0 Å². The number of hydrogen-bond acceptors (Lipinski definition) is 4. The molecule has 2 unspecified atom stereocenters. The van der Waals surface area contributed by atoms with Crippen molar-refractivity contribution in [3.63, 3.8) is 0 Å². The standard InChI is InChI=1S/C24H24FN3O3/c25-19-7-1-5-18(14-19)21(15-22(29)30)28-13-11-17(24(28)31)4-2-8-20-10-9-16-6-3-12-26-23(16)27-20/h1,3,5-7,9-10,12,14,17,21H,2,4,8,11,13,15H2,(H,29,30). The Kier molecular flexibility index (Phi) is 6.21. The number of hydrogen-bond donors (Lipinski definition) is 1. The van der Waals surface area contributed by atoms with E-state index in [4.69, 9.17) is 0 Å². The highest BCUT2D eigenvalue weighted by Crippen LogP contribution is 2.33. The van der Waals surface area contributed by atoms with Crippen LogP contribution in [-0.4, -0.2) is 38.4 Å². The molecule has 0 saturated carbocycles. The lowest BCUT2D eigenvalue weighted by Crippen LogP contribution is -2.33. The number of aryl methyl sites for hydroxylation is 1. The van der Waals surface area contributed by atoms with Gasteiger partial charge in [-0.1, -0.05) is 12.1 Å². The number of carbonyl (C=O) groups excluding carboxylic acids is 1. The van der Waals surface area contributed by atoms with Crippen molar-refractivity contribution in [2.45, 2.75) is 38.1 Å². The molecular weight excluding hydrogens is 397 g/mol. The van der Waals surface area contributed by atoms with E-state index in [1.807, 2.05) is 24.3 Å². The van der Waals surface area contributed by atoms with Crippen LogP contribution in [-0.2, 0) is 16.0 Å². The number of carbonyl (C=O) groups is 2. The van der Waals surface area contributed by atoms with Crippen molar-refractivity contribution in [2.75, 3.05) is 6.54 Å². The number of rotatable bonds is 8. The zero-order valence-corrected chi connectivity index (χ0v) is 17.1. The number of fused-ring (bicyclic) bond motifs is 1. The average Bonchev–Trinajstić information content (AvgIpc) is 3.12. The first-order chi connectivity index (χ1) is 15.0. The number of amides is 1. The highest BCUT2D eigenvalue weighted by Gasteiger charge is 2.37.